The van der Waals surface area contributed by atoms with Crippen LogP contribution in [0.1, 0.15) is 25.3 Å². The molecule has 1 heterocycles. The van der Waals surface area contributed by atoms with E-state index in [1.54, 1.807) is 4.90 Å². The van der Waals surface area contributed by atoms with Gasteiger partial charge in [-0.1, -0.05) is 6.92 Å². The fourth-order valence-electron chi connectivity index (χ4n) is 2.46. The highest BCUT2D eigenvalue weighted by molar-refractivity contribution is 14.1. The van der Waals surface area contributed by atoms with Gasteiger partial charge in [0, 0.05) is 22.3 Å². The van der Waals surface area contributed by atoms with Crippen LogP contribution in [-0.4, -0.2) is 29.8 Å². The van der Waals surface area contributed by atoms with Crippen LogP contribution in [0.25, 0.3) is 0 Å². The summed E-state index contributed by atoms with van der Waals surface area (Å²) < 4.78 is 1.11. The lowest BCUT2D eigenvalue weighted by atomic mass is 10.0. The molecule has 0 aliphatic carbocycles. The van der Waals surface area contributed by atoms with E-state index >= 15 is 0 Å². The van der Waals surface area contributed by atoms with Crippen LogP contribution in [0.3, 0.4) is 0 Å². The lowest BCUT2D eigenvalue weighted by molar-refractivity contribution is -0.144. The Kier molecular flexibility index (Phi) is 5.01. The van der Waals surface area contributed by atoms with Gasteiger partial charge < -0.3 is 10.2 Å². The SMILES string of the molecule is Cc1cc(I)ccc1NC(=O)C(=O)N1CCCC(C)C1. The van der Waals surface area contributed by atoms with Crippen molar-refractivity contribution in [2.45, 2.75) is 26.7 Å². The van der Waals surface area contributed by atoms with Crippen LogP contribution in [0.2, 0.25) is 0 Å². The number of hydrogen-bond donors (Lipinski definition) is 1. The number of carbonyl (C=O) groups excluding carboxylic acids is 2. The minimum Gasteiger partial charge on any atom is -0.334 e. The number of hydrogen-bond acceptors (Lipinski definition) is 2. The summed E-state index contributed by atoms with van der Waals surface area (Å²) in [6, 6.07) is 5.72. The average molecular weight is 386 g/mol. The minimum atomic E-state index is -0.539. The Hall–Kier alpha value is -1.11. The van der Waals surface area contributed by atoms with Gasteiger partial charge in [0.2, 0.25) is 0 Å². The standard InChI is InChI=1S/C15H19IN2O2/c1-10-4-3-7-18(9-10)15(20)14(19)17-13-6-5-12(16)8-11(13)2/h5-6,8,10H,3-4,7,9H2,1-2H3,(H,17,19). The van der Waals surface area contributed by atoms with Gasteiger partial charge in [-0.3, -0.25) is 9.59 Å². The molecule has 2 amide bonds. The first-order valence-electron chi connectivity index (χ1n) is 6.84. The number of anilines is 1. The zero-order valence-corrected chi connectivity index (χ0v) is 13.9. The number of rotatable bonds is 1. The minimum absolute atomic E-state index is 0.422. The number of aryl methyl sites for hydroxylation is 1. The van der Waals surface area contributed by atoms with E-state index in [0.717, 1.165) is 22.0 Å². The molecule has 0 bridgehead atoms. The van der Waals surface area contributed by atoms with Gasteiger partial charge in [-0.15, -0.1) is 0 Å². The van der Waals surface area contributed by atoms with E-state index in [4.69, 9.17) is 0 Å². The molecular weight excluding hydrogens is 367 g/mol. The van der Waals surface area contributed by atoms with Gasteiger partial charge in [-0.2, -0.15) is 0 Å². The van der Waals surface area contributed by atoms with Gasteiger partial charge in [0.25, 0.3) is 0 Å². The lowest BCUT2D eigenvalue weighted by Gasteiger charge is -2.30. The topological polar surface area (TPSA) is 49.4 Å². The third-order valence-corrected chi connectivity index (χ3v) is 4.25. The molecule has 1 N–H and O–H groups in total. The van der Waals surface area contributed by atoms with Crippen LogP contribution < -0.4 is 5.32 Å². The lowest BCUT2D eigenvalue weighted by Crippen LogP contribution is -2.44. The van der Waals surface area contributed by atoms with E-state index in [1.807, 2.05) is 25.1 Å². The molecule has 20 heavy (non-hydrogen) atoms. The Morgan fingerprint density at radius 2 is 2.15 bits per heavy atom. The van der Waals surface area contributed by atoms with Gasteiger partial charge in [0.1, 0.15) is 0 Å². The summed E-state index contributed by atoms with van der Waals surface area (Å²) in [5, 5.41) is 2.72. The number of piperidine rings is 1. The van der Waals surface area contributed by atoms with Crippen molar-refractivity contribution < 1.29 is 9.59 Å². The van der Waals surface area contributed by atoms with Crippen molar-refractivity contribution in [2.75, 3.05) is 18.4 Å². The number of nitrogens with zero attached hydrogens (tertiary/aromatic N) is 1. The Morgan fingerprint density at radius 1 is 1.40 bits per heavy atom. The summed E-state index contributed by atoms with van der Waals surface area (Å²) in [5.74, 6) is -0.488. The molecule has 1 unspecified atom stereocenters. The Balaban J connectivity index is 2.02. The summed E-state index contributed by atoms with van der Waals surface area (Å²) >= 11 is 2.22. The molecular formula is C15H19IN2O2. The second kappa shape index (κ2) is 6.56. The highest BCUT2D eigenvalue weighted by Crippen LogP contribution is 2.19. The fraction of sp³-hybridized carbons (Fsp3) is 0.467. The van der Waals surface area contributed by atoms with Crippen LogP contribution in [-0.2, 0) is 9.59 Å². The highest BCUT2D eigenvalue weighted by Gasteiger charge is 2.26. The van der Waals surface area contributed by atoms with Gasteiger partial charge in [0.15, 0.2) is 0 Å². The molecule has 1 saturated heterocycles. The van der Waals surface area contributed by atoms with Crippen molar-refractivity contribution in [1.82, 2.24) is 4.90 Å². The second-order valence-corrected chi connectivity index (χ2v) is 6.66. The predicted octanol–water partition coefficient (Wildman–Crippen LogP) is 2.80. The van der Waals surface area contributed by atoms with E-state index in [2.05, 4.69) is 34.8 Å². The van der Waals surface area contributed by atoms with Crippen molar-refractivity contribution in [3.63, 3.8) is 0 Å². The van der Waals surface area contributed by atoms with E-state index in [1.165, 1.54) is 0 Å². The summed E-state index contributed by atoms with van der Waals surface area (Å²) in [6.45, 7) is 5.39. The number of amides is 2. The first kappa shape index (κ1) is 15.3. The number of carbonyl (C=O) groups is 2. The van der Waals surface area contributed by atoms with E-state index in [-0.39, 0.29) is 0 Å². The van der Waals surface area contributed by atoms with Gasteiger partial charge in [0.05, 0.1) is 0 Å². The van der Waals surface area contributed by atoms with Gasteiger partial charge in [-0.05, 0) is 72.0 Å². The van der Waals surface area contributed by atoms with Crippen LogP contribution in [0.4, 0.5) is 5.69 Å². The van der Waals surface area contributed by atoms with Crippen LogP contribution in [0.5, 0.6) is 0 Å². The van der Waals surface area contributed by atoms with Gasteiger partial charge >= 0.3 is 11.8 Å². The van der Waals surface area contributed by atoms with E-state index < -0.39 is 11.8 Å². The number of benzene rings is 1. The molecule has 0 aromatic heterocycles. The average Bonchev–Trinajstić information content (AvgIpc) is 2.41. The Bertz CT molecular complexity index is 531. The molecule has 1 atom stereocenters. The molecule has 1 fully saturated rings. The predicted molar refractivity (Wildman–Crippen MR) is 87.5 cm³/mol. The second-order valence-electron chi connectivity index (χ2n) is 5.41. The molecule has 4 nitrogen and oxygen atoms in total. The Labute approximate surface area is 133 Å². The molecule has 1 aromatic rings. The molecule has 1 aliphatic heterocycles. The molecule has 2 rings (SSSR count). The van der Waals surface area contributed by atoms with Crippen LogP contribution in [0, 0.1) is 16.4 Å². The summed E-state index contributed by atoms with van der Waals surface area (Å²) in [6.07, 6.45) is 2.10. The zero-order valence-electron chi connectivity index (χ0n) is 11.8. The maximum atomic E-state index is 12.1. The third kappa shape index (κ3) is 3.71. The molecule has 1 aromatic carbocycles. The quantitative estimate of drug-likeness (QED) is 0.596. The Morgan fingerprint density at radius 3 is 2.80 bits per heavy atom. The number of likely N-dealkylation sites (tertiary alicyclic amines) is 1. The summed E-state index contributed by atoms with van der Waals surface area (Å²) in [5.41, 5.74) is 1.67. The van der Waals surface area contributed by atoms with Crippen molar-refractivity contribution in [2.24, 2.45) is 5.92 Å². The maximum absolute atomic E-state index is 12.1. The highest BCUT2D eigenvalue weighted by atomic mass is 127. The molecule has 0 spiro atoms. The molecule has 0 saturated carbocycles. The molecule has 108 valence electrons. The smallest absolute Gasteiger partial charge is 0.313 e. The maximum Gasteiger partial charge on any atom is 0.313 e. The van der Waals surface area contributed by atoms with E-state index in [0.29, 0.717) is 24.7 Å². The van der Waals surface area contributed by atoms with Crippen molar-refractivity contribution in [3.05, 3.63) is 27.3 Å². The molecule has 5 heteroatoms. The van der Waals surface area contributed by atoms with Crippen LogP contribution >= 0.6 is 22.6 Å². The number of nitrogens with one attached hydrogen (secondary N) is 1. The summed E-state index contributed by atoms with van der Waals surface area (Å²) in [4.78, 5) is 25.8. The number of halogens is 1. The monoisotopic (exact) mass is 386 g/mol. The normalized spacial score (nSPS) is 18.8. The largest absolute Gasteiger partial charge is 0.334 e. The van der Waals surface area contributed by atoms with Gasteiger partial charge in [-0.25, -0.2) is 0 Å². The summed E-state index contributed by atoms with van der Waals surface area (Å²) in [7, 11) is 0. The van der Waals surface area contributed by atoms with E-state index in [9.17, 15) is 9.59 Å². The first-order valence-corrected chi connectivity index (χ1v) is 7.91. The molecule has 0 radical (unpaired) electrons. The van der Waals surface area contributed by atoms with Crippen molar-refractivity contribution in [3.8, 4) is 0 Å². The van der Waals surface area contributed by atoms with Crippen molar-refractivity contribution >= 4 is 40.1 Å². The van der Waals surface area contributed by atoms with Crippen molar-refractivity contribution in [1.29, 1.82) is 0 Å². The zero-order chi connectivity index (χ0) is 14.7. The molecule has 1 aliphatic rings. The van der Waals surface area contributed by atoms with Crippen LogP contribution in [0.15, 0.2) is 18.2 Å². The first-order chi connectivity index (χ1) is 9.47. The fourth-order valence-corrected chi connectivity index (χ4v) is 3.11. The third-order valence-electron chi connectivity index (χ3n) is 3.58.